The zero-order chi connectivity index (χ0) is 18.4. The fraction of sp³-hybridized carbons (Fsp3) is 0.250. The highest BCUT2D eigenvalue weighted by molar-refractivity contribution is 7.07. The standard InChI is InChI=1S/C16H18N4O4S/c1-19(2)14(11-7-8-25-10-11)9-17-15(21)16(22)18-12-5-3-4-6-13(12)20(23)24/h3-8,10,14H,9H2,1-2H3,(H,17,21)(H,18,22). The van der Waals surface area contributed by atoms with E-state index in [9.17, 15) is 19.7 Å². The van der Waals surface area contributed by atoms with Crippen LogP contribution in [0, 0.1) is 10.1 Å². The Morgan fingerprint density at radius 1 is 1.24 bits per heavy atom. The minimum Gasteiger partial charge on any atom is -0.346 e. The topological polar surface area (TPSA) is 105 Å². The third kappa shape index (κ3) is 4.85. The summed E-state index contributed by atoms with van der Waals surface area (Å²) in [5, 5.41) is 19.7. The third-order valence-electron chi connectivity index (χ3n) is 3.56. The van der Waals surface area contributed by atoms with Crippen molar-refractivity contribution in [2.75, 3.05) is 26.0 Å². The second-order valence-electron chi connectivity index (χ2n) is 5.47. The normalized spacial score (nSPS) is 11.8. The molecule has 2 rings (SSSR count). The van der Waals surface area contributed by atoms with Crippen molar-refractivity contribution in [1.29, 1.82) is 0 Å². The second-order valence-corrected chi connectivity index (χ2v) is 6.25. The van der Waals surface area contributed by atoms with Gasteiger partial charge < -0.3 is 15.5 Å². The van der Waals surface area contributed by atoms with Crippen molar-refractivity contribution in [2.24, 2.45) is 0 Å². The predicted molar refractivity (Wildman–Crippen MR) is 95.5 cm³/mol. The number of rotatable bonds is 6. The summed E-state index contributed by atoms with van der Waals surface area (Å²) in [5.74, 6) is -1.79. The maximum Gasteiger partial charge on any atom is 0.313 e. The van der Waals surface area contributed by atoms with Gasteiger partial charge in [-0.25, -0.2) is 0 Å². The average Bonchev–Trinajstić information content (AvgIpc) is 3.09. The van der Waals surface area contributed by atoms with Gasteiger partial charge >= 0.3 is 11.8 Å². The van der Waals surface area contributed by atoms with E-state index in [1.807, 2.05) is 35.8 Å². The lowest BCUT2D eigenvalue weighted by molar-refractivity contribution is -0.383. The molecule has 0 aliphatic heterocycles. The van der Waals surface area contributed by atoms with E-state index in [-0.39, 0.29) is 24.0 Å². The first-order valence-electron chi connectivity index (χ1n) is 7.41. The second kappa shape index (κ2) is 8.36. The molecule has 1 aromatic heterocycles. The maximum absolute atomic E-state index is 12.0. The van der Waals surface area contributed by atoms with Crippen molar-refractivity contribution < 1.29 is 14.5 Å². The molecule has 132 valence electrons. The van der Waals surface area contributed by atoms with Crippen LogP contribution in [-0.4, -0.2) is 42.3 Å². The number of hydrogen-bond donors (Lipinski definition) is 2. The Kier molecular flexibility index (Phi) is 6.20. The number of hydrogen-bond acceptors (Lipinski definition) is 6. The molecule has 1 heterocycles. The minimum absolute atomic E-state index is 0.0188. The van der Waals surface area contributed by atoms with E-state index in [1.165, 1.54) is 18.2 Å². The van der Waals surface area contributed by atoms with E-state index in [2.05, 4.69) is 10.6 Å². The molecule has 2 amide bonds. The number of amides is 2. The summed E-state index contributed by atoms with van der Waals surface area (Å²) in [7, 11) is 3.75. The molecule has 1 aromatic carbocycles. The Bertz CT molecular complexity index is 761. The van der Waals surface area contributed by atoms with Crippen molar-refractivity contribution in [3.8, 4) is 0 Å². The largest absolute Gasteiger partial charge is 0.346 e. The summed E-state index contributed by atoms with van der Waals surface area (Å²) in [6.07, 6.45) is 0. The summed E-state index contributed by atoms with van der Waals surface area (Å²) in [4.78, 5) is 36.3. The number of likely N-dealkylation sites (N-methyl/N-ethyl adjacent to an activating group) is 1. The molecule has 2 N–H and O–H groups in total. The highest BCUT2D eigenvalue weighted by atomic mass is 32.1. The van der Waals surface area contributed by atoms with Crippen molar-refractivity contribution in [3.05, 3.63) is 56.8 Å². The quantitative estimate of drug-likeness (QED) is 0.465. The third-order valence-corrected chi connectivity index (χ3v) is 4.26. The Balaban J connectivity index is 1.99. The molecule has 8 nitrogen and oxygen atoms in total. The van der Waals surface area contributed by atoms with Gasteiger partial charge in [-0.3, -0.25) is 19.7 Å². The van der Waals surface area contributed by atoms with E-state index >= 15 is 0 Å². The molecule has 0 bridgehead atoms. The number of benzene rings is 1. The number of nitro groups is 1. The van der Waals surface area contributed by atoms with Crippen LogP contribution in [0.3, 0.4) is 0 Å². The molecule has 9 heteroatoms. The van der Waals surface area contributed by atoms with Crippen LogP contribution in [0.15, 0.2) is 41.1 Å². The van der Waals surface area contributed by atoms with E-state index in [4.69, 9.17) is 0 Å². The Morgan fingerprint density at radius 2 is 1.96 bits per heavy atom. The summed E-state index contributed by atoms with van der Waals surface area (Å²) in [6.45, 7) is 0.243. The molecule has 0 saturated heterocycles. The van der Waals surface area contributed by atoms with Crippen LogP contribution in [0.25, 0.3) is 0 Å². The first-order valence-corrected chi connectivity index (χ1v) is 8.35. The van der Waals surface area contributed by atoms with Crippen molar-refractivity contribution >= 4 is 34.5 Å². The number of nitro benzene ring substituents is 1. The Hall–Kier alpha value is -2.78. The lowest BCUT2D eigenvalue weighted by Gasteiger charge is -2.23. The van der Waals surface area contributed by atoms with Crippen molar-refractivity contribution in [1.82, 2.24) is 10.2 Å². The highest BCUT2D eigenvalue weighted by Gasteiger charge is 2.21. The molecule has 0 fully saturated rings. The molecular formula is C16H18N4O4S. The molecule has 0 radical (unpaired) electrons. The Morgan fingerprint density at radius 3 is 2.56 bits per heavy atom. The highest BCUT2D eigenvalue weighted by Crippen LogP contribution is 2.23. The number of anilines is 1. The molecule has 25 heavy (non-hydrogen) atoms. The summed E-state index contributed by atoms with van der Waals surface area (Å²) in [5.41, 5.74) is 0.747. The van der Waals surface area contributed by atoms with Crippen LogP contribution in [0.4, 0.5) is 11.4 Å². The van der Waals surface area contributed by atoms with E-state index in [0.717, 1.165) is 5.56 Å². The molecule has 0 aliphatic carbocycles. The first-order chi connectivity index (χ1) is 11.9. The maximum atomic E-state index is 12.0. The number of carbonyl (C=O) groups is 2. The average molecular weight is 362 g/mol. The SMILES string of the molecule is CN(C)C(CNC(=O)C(=O)Nc1ccccc1[N+](=O)[O-])c1ccsc1. The van der Waals surface area contributed by atoms with Gasteiger partial charge in [0.2, 0.25) is 0 Å². The van der Waals surface area contributed by atoms with Crippen LogP contribution in [0.2, 0.25) is 0 Å². The lowest BCUT2D eigenvalue weighted by Crippen LogP contribution is -2.40. The smallest absolute Gasteiger partial charge is 0.313 e. The van der Waals surface area contributed by atoms with Crippen molar-refractivity contribution in [3.63, 3.8) is 0 Å². The van der Waals surface area contributed by atoms with Crippen LogP contribution in [-0.2, 0) is 9.59 Å². The van der Waals surface area contributed by atoms with E-state index < -0.39 is 16.7 Å². The lowest BCUT2D eigenvalue weighted by atomic mass is 10.1. The number of para-hydroxylation sites is 2. The molecule has 1 atom stereocenters. The van der Waals surface area contributed by atoms with Crippen LogP contribution in [0.1, 0.15) is 11.6 Å². The minimum atomic E-state index is -0.947. The van der Waals surface area contributed by atoms with Gasteiger partial charge in [-0.1, -0.05) is 12.1 Å². The first kappa shape index (κ1) is 18.6. The molecular weight excluding hydrogens is 344 g/mol. The predicted octanol–water partition coefficient (Wildman–Crippen LogP) is 2.01. The van der Waals surface area contributed by atoms with Gasteiger partial charge in [0, 0.05) is 12.6 Å². The summed E-state index contributed by atoms with van der Waals surface area (Å²) < 4.78 is 0. The zero-order valence-electron chi connectivity index (χ0n) is 13.8. The van der Waals surface area contributed by atoms with Crippen LogP contribution < -0.4 is 10.6 Å². The number of nitrogens with one attached hydrogen (secondary N) is 2. The van der Waals surface area contributed by atoms with Gasteiger partial charge in [-0.05, 0) is 42.6 Å². The van der Waals surface area contributed by atoms with E-state index in [0.29, 0.717) is 0 Å². The van der Waals surface area contributed by atoms with E-state index in [1.54, 1.807) is 17.4 Å². The number of nitrogens with zero attached hydrogens (tertiary/aromatic N) is 2. The molecule has 2 aromatic rings. The van der Waals surface area contributed by atoms with Gasteiger partial charge in [-0.2, -0.15) is 11.3 Å². The molecule has 1 unspecified atom stereocenters. The van der Waals surface area contributed by atoms with Gasteiger partial charge in [-0.15, -0.1) is 0 Å². The van der Waals surface area contributed by atoms with Gasteiger partial charge in [0.15, 0.2) is 0 Å². The van der Waals surface area contributed by atoms with Gasteiger partial charge in [0.05, 0.1) is 11.0 Å². The summed E-state index contributed by atoms with van der Waals surface area (Å²) in [6, 6.07) is 7.53. The fourth-order valence-electron chi connectivity index (χ4n) is 2.25. The Labute approximate surface area is 148 Å². The molecule has 0 saturated carbocycles. The number of carbonyl (C=O) groups excluding carboxylic acids is 2. The summed E-state index contributed by atoms with van der Waals surface area (Å²) >= 11 is 1.55. The van der Waals surface area contributed by atoms with Crippen molar-refractivity contribution in [2.45, 2.75) is 6.04 Å². The van der Waals surface area contributed by atoms with Gasteiger partial charge in [0.1, 0.15) is 5.69 Å². The van der Waals surface area contributed by atoms with Crippen LogP contribution >= 0.6 is 11.3 Å². The fourth-order valence-corrected chi connectivity index (χ4v) is 2.96. The molecule has 0 aliphatic rings. The monoisotopic (exact) mass is 362 g/mol. The van der Waals surface area contributed by atoms with Crippen LogP contribution in [0.5, 0.6) is 0 Å². The zero-order valence-corrected chi connectivity index (χ0v) is 14.6. The molecule has 0 spiro atoms. The van der Waals surface area contributed by atoms with Gasteiger partial charge in [0.25, 0.3) is 5.69 Å². The number of thiophene rings is 1.